The minimum absolute atomic E-state index is 0.0646. The summed E-state index contributed by atoms with van der Waals surface area (Å²) in [6.07, 6.45) is 17.0. The number of allylic oxidation sites excluding steroid dienone is 10. The number of benzene rings is 4. The van der Waals surface area contributed by atoms with Gasteiger partial charge in [-0.05, 0) is 60.7 Å². The standard InChI is InChI=1S/C38H28N2O4/c41-33-19-7-1-13-27(33)25-39-31-17-5-11-23-37(31)43-35-21-9-3-15-29(35)30-16-4-10-22-36(30)44-38-24-12-6-18-32(38)40-26-28-14-2-8-20-34(28)42/h1-26,39-40H/b27-25-,28-26+. The lowest BCUT2D eigenvalue weighted by atomic mass is 10.0. The van der Waals surface area contributed by atoms with Gasteiger partial charge in [-0.25, -0.2) is 0 Å². The highest BCUT2D eigenvalue weighted by molar-refractivity contribution is 6.08. The van der Waals surface area contributed by atoms with E-state index in [1.165, 1.54) is 12.2 Å². The molecule has 0 atom stereocenters. The summed E-state index contributed by atoms with van der Waals surface area (Å²) < 4.78 is 13.0. The maximum atomic E-state index is 12.2. The molecule has 0 heterocycles. The number of ether oxygens (including phenoxy) is 2. The van der Waals surface area contributed by atoms with E-state index < -0.39 is 0 Å². The van der Waals surface area contributed by atoms with Gasteiger partial charge in [0, 0.05) is 34.7 Å². The van der Waals surface area contributed by atoms with Gasteiger partial charge in [-0.2, -0.15) is 0 Å². The van der Waals surface area contributed by atoms with Crippen LogP contribution in [0.2, 0.25) is 0 Å². The second-order valence-corrected chi connectivity index (χ2v) is 9.84. The average Bonchev–Trinajstić information content (AvgIpc) is 3.06. The van der Waals surface area contributed by atoms with Crippen molar-refractivity contribution in [2.24, 2.45) is 0 Å². The van der Waals surface area contributed by atoms with Gasteiger partial charge in [0.15, 0.2) is 23.1 Å². The zero-order valence-electron chi connectivity index (χ0n) is 23.6. The highest BCUT2D eigenvalue weighted by Gasteiger charge is 2.15. The first-order valence-electron chi connectivity index (χ1n) is 14.1. The number of anilines is 2. The van der Waals surface area contributed by atoms with Gasteiger partial charge in [0.1, 0.15) is 11.5 Å². The lowest BCUT2D eigenvalue weighted by molar-refractivity contribution is -0.111. The molecule has 4 aromatic carbocycles. The number of carbonyl (C=O) groups excluding carboxylic acids is 2. The van der Waals surface area contributed by atoms with Crippen LogP contribution in [0.3, 0.4) is 0 Å². The Morgan fingerprint density at radius 1 is 0.432 bits per heavy atom. The summed E-state index contributed by atoms with van der Waals surface area (Å²) in [5.74, 6) is 2.33. The molecule has 2 N–H and O–H groups in total. The topological polar surface area (TPSA) is 76.7 Å². The predicted molar refractivity (Wildman–Crippen MR) is 175 cm³/mol. The molecular weight excluding hydrogens is 548 g/mol. The number of para-hydroxylation sites is 6. The summed E-state index contributed by atoms with van der Waals surface area (Å²) in [5.41, 5.74) is 4.21. The van der Waals surface area contributed by atoms with Gasteiger partial charge in [-0.3, -0.25) is 9.59 Å². The van der Waals surface area contributed by atoms with Crippen molar-refractivity contribution in [1.82, 2.24) is 0 Å². The molecule has 0 saturated heterocycles. The molecule has 0 spiro atoms. The zero-order valence-corrected chi connectivity index (χ0v) is 23.6. The zero-order chi connectivity index (χ0) is 30.1. The van der Waals surface area contributed by atoms with Crippen molar-refractivity contribution in [2.75, 3.05) is 10.6 Å². The van der Waals surface area contributed by atoms with Crippen LogP contribution in [0.1, 0.15) is 0 Å². The van der Waals surface area contributed by atoms with Crippen molar-refractivity contribution < 1.29 is 19.1 Å². The van der Waals surface area contributed by atoms with Gasteiger partial charge in [-0.15, -0.1) is 0 Å². The molecule has 4 aromatic rings. The minimum atomic E-state index is -0.0646. The van der Waals surface area contributed by atoms with Crippen LogP contribution in [-0.4, -0.2) is 11.6 Å². The van der Waals surface area contributed by atoms with Gasteiger partial charge in [-0.1, -0.05) is 85.0 Å². The van der Waals surface area contributed by atoms with E-state index in [-0.39, 0.29) is 11.6 Å². The molecule has 44 heavy (non-hydrogen) atoms. The Morgan fingerprint density at radius 2 is 0.795 bits per heavy atom. The van der Waals surface area contributed by atoms with Crippen LogP contribution in [0.4, 0.5) is 11.4 Å². The van der Waals surface area contributed by atoms with Crippen LogP contribution >= 0.6 is 0 Å². The number of hydrogen-bond donors (Lipinski definition) is 2. The largest absolute Gasteiger partial charge is 0.455 e. The summed E-state index contributed by atoms with van der Waals surface area (Å²) in [5, 5.41) is 6.45. The van der Waals surface area contributed by atoms with E-state index >= 15 is 0 Å². The number of rotatable bonds is 9. The van der Waals surface area contributed by atoms with Gasteiger partial charge in [0.25, 0.3) is 0 Å². The first kappa shape index (κ1) is 28.0. The van der Waals surface area contributed by atoms with Crippen LogP contribution in [0.15, 0.2) is 169 Å². The van der Waals surface area contributed by atoms with Crippen LogP contribution < -0.4 is 20.1 Å². The monoisotopic (exact) mass is 576 g/mol. The molecular formula is C38H28N2O4. The Labute approximate surface area is 255 Å². The molecule has 6 nitrogen and oxygen atoms in total. The molecule has 0 aliphatic heterocycles. The van der Waals surface area contributed by atoms with Gasteiger partial charge >= 0.3 is 0 Å². The summed E-state index contributed by atoms with van der Waals surface area (Å²) in [7, 11) is 0. The fourth-order valence-electron chi connectivity index (χ4n) is 4.65. The number of carbonyl (C=O) groups is 2. The molecule has 0 fully saturated rings. The molecule has 214 valence electrons. The van der Waals surface area contributed by atoms with E-state index in [1.807, 2.05) is 109 Å². The van der Waals surface area contributed by atoms with Crippen LogP contribution in [0.25, 0.3) is 11.1 Å². The fourth-order valence-corrected chi connectivity index (χ4v) is 4.65. The second-order valence-electron chi connectivity index (χ2n) is 9.84. The average molecular weight is 577 g/mol. The van der Waals surface area contributed by atoms with Crippen molar-refractivity contribution in [3.63, 3.8) is 0 Å². The third kappa shape index (κ3) is 6.50. The Bertz CT molecular complexity index is 1770. The summed E-state index contributed by atoms with van der Waals surface area (Å²) in [6.45, 7) is 0. The molecule has 6 heteroatoms. The predicted octanol–water partition coefficient (Wildman–Crippen LogP) is 8.92. The number of nitrogens with one attached hydrogen (secondary N) is 2. The van der Waals surface area contributed by atoms with Crippen LogP contribution in [0, 0.1) is 0 Å². The van der Waals surface area contributed by atoms with Crippen molar-refractivity contribution in [3.05, 3.63) is 169 Å². The summed E-state index contributed by atoms with van der Waals surface area (Å²) in [4.78, 5) is 24.4. The molecule has 0 aromatic heterocycles. The smallest absolute Gasteiger partial charge is 0.187 e. The molecule has 0 saturated carbocycles. The highest BCUT2D eigenvalue weighted by Crippen LogP contribution is 2.42. The molecule has 0 unspecified atom stereocenters. The van der Waals surface area contributed by atoms with E-state index in [0.717, 1.165) is 11.1 Å². The Balaban J connectivity index is 1.28. The highest BCUT2D eigenvalue weighted by atomic mass is 16.5. The van der Waals surface area contributed by atoms with Crippen LogP contribution in [-0.2, 0) is 9.59 Å². The van der Waals surface area contributed by atoms with E-state index in [9.17, 15) is 9.59 Å². The first-order valence-corrected chi connectivity index (χ1v) is 14.1. The third-order valence-corrected chi connectivity index (χ3v) is 6.88. The third-order valence-electron chi connectivity index (χ3n) is 6.88. The Kier molecular flexibility index (Phi) is 8.42. The number of ketones is 2. The molecule has 0 radical (unpaired) electrons. The minimum Gasteiger partial charge on any atom is -0.455 e. The summed E-state index contributed by atoms with van der Waals surface area (Å²) >= 11 is 0. The van der Waals surface area contributed by atoms with Crippen molar-refractivity contribution in [3.8, 4) is 34.1 Å². The molecule has 0 bridgehead atoms. The van der Waals surface area contributed by atoms with Crippen LogP contribution in [0.5, 0.6) is 23.0 Å². The van der Waals surface area contributed by atoms with Crippen molar-refractivity contribution >= 4 is 22.9 Å². The van der Waals surface area contributed by atoms with Gasteiger partial charge in [0.05, 0.1) is 11.4 Å². The maximum Gasteiger partial charge on any atom is 0.187 e. The number of hydrogen-bond acceptors (Lipinski definition) is 6. The lowest BCUT2D eigenvalue weighted by Gasteiger charge is -2.18. The Hall–Kier alpha value is -6.14. The Morgan fingerprint density at radius 3 is 1.23 bits per heavy atom. The normalized spacial score (nSPS) is 15.5. The molecule has 6 rings (SSSR count). The molecule has 2 aliphatic rings. The van der Waals surface area contributed by atoms with E-state index in [0.29, 0.717) is 45.5 Å². The SMILES string of the molecule is O=C1C=CC=C/C1=C/Nc1ccccc1Oc1ccccc1-c1ccccc1Oc1ccccc1N/C=C1\C=CC=CC1=O. The van der Waals surface area contributed by atoms with Crippen molar-refractivity contribution in [2.45, 2.75) is 0 Å². The molecule has 0 amide bonds. The fraction of sp³-hybridized carbons (Fsp3) is 0. The second kappa shape index (κ2) is 13.2. The van der Waals surface area contributed by atoms with Gasteiger partial charge in [0.2, 0.25) is 0 Å². The maximum absolute atomic E-state index is 12.2. The summed E-state index contributed by atoms with van der Waals surface area (Å²) in [6, 6.07) is 30.6. The first-order chi connectivity index (χ1) is 21.7. The van der Waals surface area contributed by atoms with Crippen molar-refractivity contribution in [1.29, 1.82) is 0 Å². The molecule has 2 aliphatic carbocycles. The van der Waals surface area contributed by atoms with Gasteiger partial charge < -0.3 is 20.1 Å². The van der Waals surface area contributed by atoms with E-state index in [2.05, 4.69) is 10.6 Å². The van der Waals surface area contributed by atoms with E-state index in [1.54, 1.807) is 36.7 Å². The lowest BCUT2D eigenvalue weighted by Crippen LogP contribution is -2.02. The quantitative estimate of drug-likeness (QED) is 0.194. The van der Waals surface area contributed by atoms with E-state index in [4.69, 9.17) is 9.47 Å².